The van der Waals surface area contributed by atoms with Gasteiger partial charge in [-0.1, -0.05) is 39.3 Å². The Kier molecular flexibility index (Phi) is 5.10. The standard InChI is InChI=1S/C28H44O5/c1-16-8-11-28(23(31)32)13-12-25(3)18(22(28)27(16,5)33)6-7-21-24(2)15-20(30)19(29)14-17(24)9-10-26(21,25)4/h6,16-17,19-22,29-30,33H,7-15H2,1-5H3,(H,31,32)/t16-,17?,19?,20-,21?,22?,24?,25-,26?,27-,28?/m1/s1. The average molecular weight is 461 g/mol. The van der Waals surface area contributed by atoms with Gasteiger partial charge in [0, 0.05) is 5.92 Å². The van der Waals surface area contributed by atoms with Crippen molar-refractivity contribution in [3.05, 3.63) is 11.6 Å². The van der Waals surface area contributed by atoms with Crippen LogP contribution in [0.2, 0.25) is 0 Å². The molecule has 186 valence electrons. The van der Waals surface area contributed by atoms with Gasteiger partial charge < -0.3 is 20.4 Å². The third kappa shape index (κ3) is 2.79. The molecule has 33 heavy (non-hydrogen) atoms. The molecule has 0 spiro atoms. The minimum absolute atomic E-state index is 0.0220. The number of carboxylic acids is 1. The number of fused-ring (bicyclic) bond motifs is 7. The maximum absolute atomic E-state index is 12.8. The van der Waals surface area contributed by atoms with E-state index in [-0.39, 0.29) is 28.1 Å². The molecule has 0 aromatic rings. The summed E-state index contributed by atoms with van der Waals surface area (Å²) in [5.74, 6) is -0.246. The van der Waals surface area contributed by atoms with Crippen LogP contribution in [0, 0.1) is 45.3 Å². The summed E-state index contributed by atoms with van der Waals surface area (Å²) in [5.41, 5.74) is -0.956. The van der Waals surface area contributed by atoms with Crippen molar-refractivity contribution in [3.8, 4) is 0 Å². The van der Waals surface area contributed by atoms with E-state index >= 15 is 0 Å². The Morgan fingerprint density at radius 2 is 1.70 bits per heavy atom. The van der Waals surface area contributed by atoms with Gasteiger partial charge in [-0.15, -0.1) is 0 Å². The zero-order valence-corrected chi connectivity index (χ0v) is 21.1. The maximum atomic E-state index is 12.8. The molecule has 4 saturated carbocycles. The molecular weight excluding hydrogens is 416 g/mol. The predicted molar refractivity (Wildman–Crippen MR) is 126 cm³/mol. The van der Waals surface area contributed by atoms with Crippen molar-refractivity contribution in [2.45, 2.75) is 110 Å². The maximum Gasteiger partial charge on any atom is 0.310 e. The number of allylic oxidation sites excluding steroid dienone is 1. The Hall–Kier alpha value is -0.910. The smallest absolute Gasteiger partial charge is 0.310 e. The molecule has 5 aliphatic rings. The molecule has 5 nitrogen and oxygen atoms in total. The third-order valence-corrected chi connectivity index (χ3v) is 12.6. The summed E-state index contributed by atoms with van der Waals surface area (Å²) in [5, 5.41) is 43.3. The van der Waals surface area contributed by atoms with Crippen molar-refractivity contribution in [1.29, 1.82) is 0 Å². The van der Waals surface area contributed by atoms with Crippen LogP contribution in [-0.4, -0.2) is 44.2 Å². The molecule has 7 unspecified atom stereocenters. The number of aliphatic hydroxyl groups is 3. The summed E-state index contributed by atoms with van der Waals surface area (Å²) in [6.07, 6.45) is 8.15. The summed E-state index contributed by atoms with van der Waals surface area (Å²) >= 11 is 0. The van der Waals surface area contributed by atoms with Gasteiger partial charge in [-0.05, 0) is 98.7 Å². The van der Waals surface area contributed by atoms with Crippen LogP contribution in [0.3, 0.4) is 0 Å². The van der Waals surface area contributed by atoms with Crippen LogP contribution in [0.15, 0.2) is 11.6 Å². The zero-order valence-electron chi connectivity index (χ0n) is 21.1. The molecule has 0 amide bonds. The summed E-state index contributed by atoms with van der Waals surface area (Å²) < 4.78 is 0. The van der Waals surface area contributed by atoms with Crippen molar-refractivity contribution >= 4 is 5.97 Å². The Bertz CT molecular complexity index is 880. The van der Waals surface area contributed by atoms with Gasteiger partial charge in [0.2, 0.25) is 0 Å². The molecule has 0 aliphatic heterocycles. The van der Waals surface area contributed by atoms with E-state index in [2.05, 4.69) is 33.8 Å². The zero-order chi connectivity index (χ0) is 24.2. The molecule has 0 radical (unpaired) electrons. The molecule has 0 heterocycles. The quantitative estimate of drug-likeness (QED) is 0.431. The number of carbonyl (C=O) groups is 1. The Labute approximate surface area is 198 Å². The van der Waals surface area contributed by atoms with Crippen LogP contribution < -0.4 is 0 Å². The van der Waals surface area contributed by atoms with Gasteiger partial charge in [0.25, 0.3) is 0 Å². The fourth-order valence-electron chi connectivity index (χ4n) is 10.0. The number of hydrogen-bond donors (Lipinski definition) is 4. The largest absolute Gasteiger partial charge is 0.481 e. The molecule has 11 atom stereocenters. The molecule has 0 aromatic carbocycles. The highest BCUT2D eigenvalue weighted by Crippen LogP contribution is 2.74. The van der Waals surface area contributed by atoms with Crippen LogP contribution in [0.4, 0.5) is 0 Å². The number of carboxylic acid groups (broad SMARTS) is 1. The minimum Gasteiger partial charge on any atom is -0.481 e. The normalized spacial score (nSPS) is 58.2. The van der Waals surface area contributed by atoms with Crippen LogP contribution in [0.25, 0.3) is 0 Å². The van der Waals surface area contributed by atoms with Gasteiger partial charge in [0.15, 0.2) is 0 Å². The highest BCUT2D eigenvalue weighted by molar-refractivity contribution is 5.77. The third-order valence-electron chi connectivity index (χ3n) is 12.6. The average Bonchev–Trinajstić information content (AvgIpc) is 2.72. The number of aliphatic hydroxyl groups excluding tert-OH is 2. The van der Waals surface area contributed by atoms with Crippen LogP contribution in [0.1, 0.15) is 92.4 Å². The Morgan fingerprint density at radius 3 is 2.36 bits per heavy atom. The first-order chi connectivity index (χ1) is 15.2. The molecule has 5 rings (SSSR count). The van der Waals surface area contributed by atoms with Crippen molar-refractivity contribution in [2.24, 2.45) is 45.3 Å². The summed E-state index contributed by atoms with van der Waals surface area (Å²) in [6.45, 7) is 11.1. The first-order valence-corrected chi connectivity index (χ1v) is 13.3. The molecule has 0 bridgehead atoms. The Morgan fingerprint density at radius 1 is 1.00 bits per heavy atom. The fourth-order valence-corrected chi connectivity index (χ4v) is 10.0. The van der Waals surface area contributed by atoms with Gasteiger partial charge in [-0.3, -0.25) is 4.79 Å². The van der Waals surface area contributed by atoms with E-state index in [0.717, 1.165) is 32.1 Å². The lowest BCUT2D eigenvalue weighted by Crippen LogP contribution is -2.67. The van der Waals surface area contributed by atoms with Crippen LogP contribution >= 0.6 is 0 Å². The van der Waals surface area contributed by atoms with Gasteiger partial charge in [0.1, 0.15) is 0 Å². The van der Waals surface area contributed by atoms with E-state index in [4.69, 9.17) is 0 Å². The summed E-state index contributed by atoms with van der Waals surface area (Å²) in [7, 11) is 0. The first kappa shape index (κ1) is 23.8. The second-order valence-electron chi connectivity index (χ2n) is 13.6. The molecule has 4 N–H and O–H groups in total. The highest BCUT2D eigenvalue weighted by atomic mass is 16.4. The topological polar surface area (TPSA) is 98.0 Å². The van der Waals surface area contributed by atoms with E-state index in [1.165, 1.54) is 5.57 Å². The fraction of sp³-hybridized carbons (Fsp3) is 0.893. The Balaban J connectivity index is 1.63. The lowest BCUT2D eigenvalue weighted by Gasteiger charge is -2.70. The lowest BCUT2D eigenvalue weighted by molar-refractivity contribution is -0.209. The predicted octanol–water partition coefficient (Wildman–Crippen LogP) is 4.54. The molecule has 0 saturated heterocycles. The van der Waals surface area contributed by atoms with Crippen LogP contribution in [-0.2, 0) is 4.79 Å². The molecule has 0 aromatic heterocycles. The second kappa shape index (κ2) is 7.07. The highest BCUT2D eigenvalue weighted by Gasteiger charge is 2.70. The van der Waals surface area contributed by atoms with E-state index in [1.807, 2.05) is 6.92 Å². The number of hydrogen-bond acceptors (Lipinski definition) is 4. The lowest BCUT2D eigenvalue weighted by atomic mass is 9.34. The number of aliphatic carboxylic acids is 1. The second-order valence-corrected chi connectivity index (χ2v) is 13.6. The number of rotatable bonds is 1. The van der Waals surface area contributed by atoms with Crippen molar-refractivity contribution in [3.63, 3.8) is 0 Å². The van der Waals surface area contributed by atoms with Crippen molar-refractivity contribution in [2.75, 3.05) is 0 Å². The molecular formula is C28H44O5. The molecule has 5 aliphatic carbocycles. The summed E-state index contributed by atoms with van der Waals surface area (Å²) in [6, 6.07) is 0. The first-order valence-electron chi connectivity index (χ1n) is 13.3. The minimum atomic E-state index is -1.04. The van der Waals surface area contributed by atoms with E-state index in [1.54, 1.807) is 0 Å². The monoisotopic (exact) mass is 460 g/mol. The van der Waals surface area contributed by atoms with Gasteiger partial charge in [-0.2, -0.15) is 0 Å². The molecule has 4 fully saturated rings. The van der Waals surface area contributed by atoms with Gasteiger partial charge in [0.05, 0.1) is 23.2 Å². The van der Waals surface area contributed by atoms with E-state index in [9.17, 15) is 25.2 Å². The van der Waals surface area contributed by atoms with E-state index in [0.29, 0.717) is 37.5 Å². The van der Waals surface area contributed by atoms with Gasteiger partial charge >= 0.3 is 5.97 Å². The van der Waals surface area contributed by atoms with Gasteiger partial charge in [-0.25, -0.2) is 0 Å². The van der Waals surface area contributed by atoms with Crippen molar-refractivity contribution < 1.29 is 25.2 Å². The molecule has 5 heteroatoms. The van der Waals surface area contributed by atoms with Crippen molar-refractivity contribution in [1.82, 2.24) is 0 Å². The SMILES string of the molecule is C[C@@H]1CCC2(C(=O)O)CC[C@]3(C)C(=CCC4C5(C)C[C@@H](O)C(O)CC5CCC43C)C2[C@]1(C)O. The van der Waals surface area contributed by atoms with E-state index < -0.39 is 29.2 Å². The van der Waals surface area contributed by atoms with Crippen LogP contribution in [0.5, 0.6) is 0 Å². The summed E-state index contributed by atoms with van der Waals surface area (Å²) in [4.78, 5) is 12.8.